The van der Waals surface area contributed by atoms with Gasteiger partial charge in [-0.05, 0) is 44.6 Å². The molecule has 1 aromatic heterocycles. The van der Waals surface area contributed by atoms with Gasteiger partial charge in [-0.1, -0.05) is 12.8 Å². The summed E-state index contributed by atoms with van der Waals surface area (Å²) in [5.41, 5.74) is 6.63. The summed E-state index contributed by atoms with van der Waals surface area (Å²) in [7, 11) is 0. The Morgan fingerprint density at radius 1 is 1.32 bits per heavy atom. The predicted molar refractivity (Wildman–Crippen MR) is 79.5 cm³/mol. The lowest BCUT2D eigenvalue weighted by Crippen LogP contribution is -2.49. The number of carbonyl (C=O) groups excluding carboxylic acids is 1. The molecule has 0 bridgehead atoms. The summed E-state index contributed by atoms with van der Waals surface area (Å²) in [6.07, 6.45) is 7.58. The predicted octanol–water partition coefficient (Wildman–Crippen LogP) is 3.43. The molecule has 3 nitrogen and oxygen atoms in total. The van der Waals surface area contributed by atoms with Gasteiger partial charge in [0.25, 0.3) is 5.91 Å². The molecule has 2 N–H and O–H groups in total. The number of nitrogens with two attached hydrogens (primary N) is 1. The maximum Gasteiger partial charge on any atom is 0.264 e. The number of hydrogen-bond acceptors (Lipinski definition) is 3. The first-order valence-electron chi connectivity index (χ1n) is 7.33. The largest absolute Gasteiger partial charge is 0.398 e. The highest BCUT2D eigenvalue weighted by atomic mass is 32.1. The molecule has 0 radical (unpaired) electrons. The monoisotopic (exact) mass is 278 g/mol. The van der Waals surface area contributed by atoms with Gasteiger partial charge in [0.2, 0.25) is 0 Å². The number of piperidine rings is 1. The SMILES string of the molecule is Cc1sc(C(=O)N2CCC[C@H]3CCCC[C@H]32)cc1N. The van der Waals surface area contributed by atoms with E-state index in [0.717, 1.165) is 34.3 Å². The minimum Gasteiger partial charge on any atom is -0.398 e. The van der Waals surface area contributed by atoms with Gasteiger partial charge in [-0.2, -0.15) is 0 Å². The van der Waals surface area contributed by atoms with Gasteiger partial charge < -0.3 is 10.6 Å². The molecular formula is C15H22N2OS. The van der Waals surface area contributed by atoms with Crippen LogP contribution < -0.4 is 5.73 Å². The van der Waals surface area contributed by atoms with Gasteiger partial charge >= 0.3 is 0 Å². The van der Waals surface area contributed by atoms with E-state index in [1.807, 2.05) is 13.0 Å². The highest BCUT2D eigenvalue weighted by molar-refractivity contribution is 7.14. The quantitative estimate of drug-likeness (QED) is 0.855. The molecule has 104 valence electrons. The van der Waals surface area contributed by atoms with E-state index in [1.165, 1.54) is 43.4 Å². The van der Waals surface area contributed by atoms with Crippen molar-refractivity contribution in [1.29, 1.82) is 0 Å². The van der Waals surface area contributed by atoms with E-state index in [2.05, 4.69) is 4.90 Å². The number of nitrogens with zero attached hydrogens (tertiary/aromatic N) is 1. The molecule has 2 aliphatic rings. The molecule has 3 rings (SSSR count). The summed E-state index contributed by atoms with van der Waals surface area (Å²) in [6.45, 7) is 2.91. The maximum atomic E-state index is 12.7. The van der Waals surface area contributed by atoms with Crippen LogP contribution in [0.15, 0.2) is 6.07 Å². The molecule has 19 heavy (non-hydrogen) atoms. The van der Waals surface area contributed by atoms with Crippen LogP contribution >= 0.6 is 11.3 Å². The van der Waals surface area contributed by atoms with E-state index < -0.39 is 0 Å². The average Bonchev–Trinajstić information content (AvgIpc) is 2.77. The number of nitrogen functional groups attached to an aromatic ring is 1. The van der Waals surface area contributed by atoms with Crippen molar-refractivity contribution in [3.8, 4) is 0 Å². The van der Waals surface area contributed by atoms with Crippen molar-refractivity contribution in [2.24, 2.45) is 5.92 Å². The number of hydrogen-bond donors (Lipinski definition) is 1. The van der Waals surface area contributed by atoms with Crippen LogP contribution in [-0.4, -0.2) is 23.4 Å². The van der Waals surface area contributed by atoms with Crippen LogP contribution in [0.1, 0.15) is 53.1 Å². The molecule has 1 saturated heterocycles. The molecule has 1 aliphatic carbocycles. The minimum absolute atomic E-state index is 0.210. The zero-order valence-electron chi connectivity index (χ0n) is 11.5. The molecule has 4 heteroatoms. The minimum atomic E-state index is 0.210. The van der Waals surface area contributed by atoms with Crippen LogP contribution in [-0.2, 0) is 0 Å². The van der Waals surface area contributed by atoms with Gasteiger partial charge in [-0.15, -0.1) is 11.3 Å². The maximum absolute atomic E-state index is 12.7. The summed E-state index contributed by atoms with van der Waals surface area (Å²) >= 11 is 1.54. The summed E-state index contributed by atoms with van der Waals surface area (Å²) in [5, 5.41) is 0. The fourth-order valence-corrected chi connectivity index (χ4v) is 4.52. The van der Waals surface area contributed by atoms with E-state index in [-0.39, 0.29) is 5.91 Å². The molecule has 0 spiro atoms. The number of anilines is 1. The van der Waals surface area contributed by atoms with Crippen molar-refractivity contribution in [1.82, 2.24) is 4.90 Å². The number of thiophene rings is 1. The van der Waals surface area contributed by atoms with Gasteiger partial charge in [-0.3, -0.25) is 4.79 Å². The Bertz CT molecular complexity index is 461. The standard InChI is InChI=1S/C15H22N2OS/c1-10-12(16)9-14(19-10)15(18)17-8-4-6-11-5-2-3-7-13(11)17/h9,11,13H,2-8,16H2,1H3/t11-,13-/m1/s1. The van der Waals surface area contributed by atoms with Gasteiger partial charge in [0.15, 0.2) is 0 Å². The Labute approximate surface area is 118 Å². The molecule has 0 aromatic carbocycles. The number of likely N-dealkylation sites (tertiary alicyclic amines) is 1. The van der Waals surface area contributed by atoms with Crippen LogP contribution in [0.5, 0.6) is 0 Å². The van der Waals surface area contributed by atoms with Crippen LogP contribution in [0.3, 0.4) is 0 Å². The lowest BCUT2D eigenvalue weighted by atomic mass is 9.78. The molecule has 2 atom stereocenters. The normalized spacial score (nSPS) is 27.1. The fourth-order valence-electron chi connectivity index (χ4n) is 3.62. The molecule has 0 unspecified atom stereocenters. The Hall–Kier alpha value is -1.03. The zero-order chi connectivity index (χ0) is 13.4. The third-order valence-corrected chi connectivity index (χ3v) is 5.73. The summed E-state index contributed by atoms with van der Waals surface area (Å²) in [6, 6.07) is 2.34. The van der Waals surface area contributed by atoms with E-state index in [9.17, 15) is 4.79 Å². The Morgan fingerprint density at radius 2 is 2.05 bits per heavy atom. The topological polar surface area (TPSA) is 46.3 Å². The van der Waals surface area contributed by atoms with E-state index in [4.69, 9.17) is 5.73 Å². The van der Waals surface area contributed by atoms with Gasteiger partial charge in [-0.25, -0.2) is 0 Å². The van der Waals surface area contributed by atoms with Gasteiger partial charge in [0.05, 0.1) is 4.88 Å². The summed E-state index contributed by atoms with van der Waals surface area (Å²) in [5.74, 6) is 0.950. The molecule has 1 aromatic rings. The zero-order valence-corrected chi connectivity index (χ0v) is 12.3. The molecule has 1 aliphatic heterocycles. The van der Waals surface area contributed by atoms with Crippen LogP contribution in [0.25, 0.3) is 0 Å². The first-order valence-corrected chi connectivity index (χ1v) is 8.15. The van der Waals surface area contributed by atoms with E-state index in [1.54, 1.807) is 0 Å². The fraction of sp³-hybridized carbons (Fsp3) is 0.667. The Balaban J connectivity index is 1.81. The Morgan fingerprint density at radius 3 is 2.79 bits per heavy atom. The smallest absolute Gasteiger partial charge is 0.264 e. The number of aryl methyl sites for hydroxylation is 1. The van der Waals surface area contributed by atoms with E-state index in [0.29, 0.717) is 6.04 Å². The average molecular weight is 278 g/mol. The first-order chi connectivity index (χ1) is 9.16. The van der Waals surface area contributed by atoms with Crippen molar-refractivity contribution in [2.45, 2.75) is 51.5 Å². The molecule has 1 saturated carbocycles. The van der Waals surface area contributed by atoms with Crippen molar-refractivity contribution in [3.05, 3.63) is 15.8 Å². The van der Waals surface area contributed by atoms with E-state index >= 15 is 0 Å². The molecular weight excluding hydrogens is 256 g/mol. The van der Waals surface area contributed by atoms with Gasteiger partial charge in [0, 0.05) is 23.2 Å². The third kappa shape index (κ3) is 2.38. The second-order valence-electron chi connectivity index (χ2n) is 5.87. The molecule has 2 heterocycles. The lowest BCUT2D eigenvalue weighted by molar-refractivity contribution is 0.0395. The number of amides is 1. The molecule has 2 fully saturated rings. The Kier molecular flexibility index (Phi) is 3.52. The van der Waals surface area contributed by atoms with Crippen LogP contribution in [0.2, 0.25) is 0 Å². The van der Waals surface area contributed by atoms with Crippen molar-refractivity contribution in [2.75, 3.05) is 12.3 Å². The highest BCUT2D eigenvalue weighted by Gasteiger charge is 2.36. The summed E-state index contributed by atoms with van der Waals surface area (Å²) in [4.78, 5) is 16.7. The lowest BCUT2D eigenvalue weighted by Gasteiger charge is -2.44. The van der Waals surface area contributed by atoms with Crippen molar-refractivity contribution >= 4 is 22.9 Å². The second kappa shape index (κ2) is 5.16. The molecule has 1 amide bonds. The van der Waals surface area contributed by atoms with Crippen molar-refractivity contribution < 1.29 is 4.79 Å². The highest BCUT2D eigenvalue weighted by Crippen LogP contribution is 2.36. The van der Waals surface area contributed by atoms with Crippen LogP contribution in [0, 0.1) is 12.8 Å². The second-order valence-corrected chi connectivity index (χ2v) is 7.13. The van der Waals surface area contributed by atoms with Gasteiger partial charge in [0.1, 0.15) is 0 Å². The number of rotatable bonds is 1. The van der Waals surface area contributed by atoms with Crippen LogP contribution in [0.4, 0.5) is 5.69 Å². The number of fused-ring (bicyclic) bond motifs is 1. The number of carbonyl (C=O) groups is 1. The van der Waals surface area contributed by atoms with Crippen molar-refractivity contribution in [3.63, 3.8) is 0 Å². The third-order valence-electron chi connectivity index (χ3n) is 4.67. The first kappa shape index (κ1) is 13.0. The summed E-state index contributed by atoms with van der Waals surface area (Å²) < 4.78 is 0.